The predicted octanol–water partition coefficient (Wildman–Crippen LogP) is 1.68. The quantitative estimate of drug-likeness (QED) is 0.770. The first kappa shape index (κ1) is 13.8. The Hall–Kier alpha value is -1.26. The van der Waals surface area contributed by atoms with Crippen LogP contribution in [-0.2, 0) is 4.79 Å². The Morgan fingerprint density at radius 3 is 2.71 bits per heavy atom. The van der Waals surface area contributed by atoms with E-state index in [1.807, 2.05) is 6.92 Å². The number of likely N-dealkylation sites (tertiary alicyclic amines) is 1. The molecule has 0 aromatic rings. The molecular formula is C12H22N2O3. The number of aliphatic carboxylic acids is 1. The van der Waals surface area contributed by atoms with Crippen LogP contribution in [0.25, 0.3) is 0 Å². The molecular weight excluding hydrogens is 220 g/mol. The molecule has 0 aliphatic carbocycles. The Morgan fingerprint density at radius 1 is 1.53 bits per heavy atom. The van der Waals surface area contributed by atoms with Crippen molar-refractivity contribution in [1.29, 1.82) is 0 Å². The number of carboxylic acids is 1. The van der Waals surface area contributed by atoms with Crippen molar-refractivity contribution in [2.75, 3.05) is 13.1 Å². The molecule has 0 saturated carbocycles. The fourth-order valence-corrected chi connectivity index (χ4v) is 2.17. The Balaban J connectivity index is 2.42. The number of hydrogen-bond acceptors (Lipinski definition) is 2. The number of carboxylic acid groups (broad SMARTS) is 1. The summed E-state index contributed by atoms with van der Waals surface area (Å²) in [5, 5.41) is 11.6. The third-order valence-electron chi connectivity index (χ3n) is 3.10. The summed E-state index contributed by atoms with van der Waals surface area (Å²) >= 11 is 0. The van der Waals surface area contributed by atoms with Crippen molar-refractivity contribution in [3.8, 4) is 0 Å². The number of urea groups is 1. The van der Waals surface area contributed by atoms with E-state index in [1.54, 1.807) is 4.90 Å². The summed E-state index contributed by atoms with van der Waals surface area (Å²) in [4.78, 5) is 24.3. The molecule has 5 nitrogen and oxygen atoms in total. The van der Waals surface area contributed by atoms with Crippen LogP contribution in [0.3, 0.4) is 0 Å². The summed E-state index contributed by atoms with van der Waals surface area (Å²) in [6.45, 7) is 5.66. The molecule has 0 bridgehead atoms. The first-order valence-electron chi connectivity index (χ1n) is 6.30. The van der Waals surface area contributed by atoms with Gasteiger partial charge in [-0.1, -0.05) is 20.3 Å². The van der Waals surface area contributed by atoms with Gasteiger partial charge in [-0.25, -0.2) is 4.79 Å². The minimum atomic E-state index is -0.862. The maximum atomic E-state index is 11.9. The number of nitrogens with one attached hydrogen (secondary N) is 1. The average Bonchev–Trinajstić information content (AvgIpc) is 2.64. The lowest BCUT2D eigenvalue weighted by molar-refractivity contribution is -0.137. The summed E-state index contributed by atoms with van der Waals surface area (Å²) in [6.07, 6.45) is 2.61. The van der Waals surface area contributed by atoms with Crippen LogP contribution >= 0.6 is 0 Å². The van der Waals surface area contributed by atoms with Crippen molar-refractivity contribution in [1.82, 2.24) is 10.2 Å². The highest BCUT2D eigenvalue weighted by molar-refractivity contribution is 5.76. The Morgan fingerprint density at radius 2 is 2.24 bits per heavy atom. The van der Waals surface area contributed by atoms with E-state index < -0.39 is 5.97 Å². The van der Waals surface area contributed by atoms with Crippen LogP contribution < -0.4 is 5.32 Å². The van der Waals surface area contributed by atoms with Crippen molar-refractivity contribution in [3.05, 3.63) is 0 Å². The second-order valence-electron chi connectivity index (χ2n) is 4.87. The molecule has 0 radical (unpaired) electrons. The monoisotopic (exact) mass is 242 g/mol. The van der Waals surface area contributed by atoms with Gasteiger partial charge in [0.2, 0.25) is 0 Å². The molecule has 98 valence electrons. The van der Waals surface area contributed by atoms with E-state index in [4.69, 9.17) is 5.11 Å². The van der Waals surface area contributed by atoms with Gasteiger partial charge in [-0.2, -0.15) is 0 Å². The molecule has 0 aromatic heterocycles. The summed E-state index contributed by atoms with van der Waals surface area (Å²) in [7, 11) is 0. The molecule has 1 fully saturated rings. The third kappa shape index (κ3) is 4.63. The van der Waals surface area contributed by atoms with E-state index in [0.717, 1.165) is 25.9 Å². The van der Waals surface area contributed by atoms with Crippen LogP contribution in [0.4, 0.5) is 4.79 Å². The molecule has 0 aromatic carbocycles. The smallest absolute Gasteiger partial charge is 0.317 e. The van der Waals surface area contributed by atoms with Crippen molar-refractivity contribution in [2.45, 2.75) is 45.6 Å². The second-order valence-corrected chi connectivity index (χ2v) is 4.87. The summed E-state index contributed by atoms with van der Waals surface area (Å²) < 4.78 is 0. The fourth-order valence-electron chi connectivity index (χ4n) is 2.17. The highest BCUT2D eigenvalue weighted by atomic mass is 16.4. The number of carbonyl (C=O) groups is 2. The van der Waals surface area contributed by atoms with Crippen molar-refractivity contribution in [2.24, 2.45) is 5.92 Å². The number of rotatable bonds is 5. The van der Waals surface area contributed by atoms with Gasteiger partial charge in [0.15, 0.2) is 0 Å². The normalized spacial score (nSPS) is 21.3. The van der Waals surface area contributed by atoms with Crippen molar-refractivity contribution < 1.29 is 14.7 Å². The number of amides is 2. The lowest BCUT2D eigenvalue weighted by Crippen LogP contribution is -2.44. The fraction of sp³-hybridized carbons (Fsp3) is 0.833. The van der Waals surface area contributed by atoms with Crippen LogP contribution in [0.5, 0.6) is 0 Å². The minimum absolute atomic E-state index is 0.00295. The van der Waals surface area contributed by atoms with Crippen molar-refractivity contribution in [3.63, 3.8) is 0 Å². The van der Waals surface area contributed by atoms with Gasteiger partial charge in [0.1, 0.15) is 0 Å². The predicted molar refractivity (Wildman–Crippen MR) is 64.8 cm³/mol. The van der Waals surface area contributed by atoms with E-state index >= 15 is 0 Å². The molecule has 1 heterocycles. The zero-order chi connectivity index (χ0) is 12.8. The Bertz CT molecular complexity index is 281. The Kier molecular flexibility index (Phi) is 5.25. The zero-order valence-electron chi connectivity index (χ0n) is 10.6. The highest BCUT2D eigenvalue weighted by Crippen LogP contribution is 2.15. The molecule has 2 N–H and O–H groups in total. The largest absolute Gasteiger partial charge is 0.481 e. The molecule has 1 saturated heterocycles. The summed E-state index contributed by atoms with van der Waals surface area (Å²) in [5.74, 6) is -0.316. The molecule has 17 heavy (non-hydrogen) atoms. The van der Waals surface area contributed by atoms with E-state index in [0.29, 0.717) is 12.3 Å². The maximum Gasteiger partial charge on any atom is 0.317 e. The topological polar surface area (TPSA) is 69.6 Å². The van der Waals surface area contributed by atoms with Gasteiger partial charge in [-0.3, -0.25) is 4.79 Å². The highest BCUT2D eigenvalue weighted by Gasteiger charge is 2.25. The van der Waals surface area contributed by atoms with Gasteiger partial charge < -0.3 is 15.3 Å². The van der Waals surface area contributed by atoms with E-state index in [9.17, 15) is 9.59 Å². The van der Waals surface area contributed by atoms with Crippen LogP contribution in [0, 0.1) is 5.92 Å². The van der Waals surface area contributed by atoms with E-state index in [2.05, 4.69) is 12.2 Å². The second kappa shape index (κ2) is 6.47. The van der Waals surface area contributed by atoms with Crippen LogP contribution in [0.15, 0.2) is 0 Å². The molecule has 1 rings (SSSR count). The Labute approximate surface area is 102 Å². The van der Waals surface area contributed by atoms with Crippen LogP contribution in [0.1, 0.15) is 39.5 Å². The lowest BCUT2D eigenvalue weighted by atomic mass is 10.1. The van der Waals surface area contributed by atoms with Crippen molar-refractivity contribution >= 4 is 12.0 Å². The van der Waals surface area contributed by atoms with E-state index in [1.165, 1.54) is 0 Å². The molecule has 1 aliphatic heterocycles. The van der Waals surface area contributed by atoms with Gasteiger partial charge in [-0.05, 0) is 18.8 Å². The first-order valence-corrected chi connectivity index (χ1v) is 6.30. The molecule has 5 heteroatoms. The minimum Gasteiger partial charge on any atom is -0.481 e. The molecule has 2 amide bonds. The first-order chi connectivity index (χ1) is 8.02. The molecule has 2 unspecified atom stereocenters. The lowest BCUT2D eigenvalue weighted by Gasteiger charge is -2.22. The standard InChI is InChI=1S/C12H22N2O3/c1-3-4-10(7-11(15)16)13-12(17)14-6-5-9(2)8-14/h9-10H,3-8H2,1-2H3,(H,13,17)(H,15,16). The average molecular weight is 242 g/mol. The van der Waals surface area contributed by atoms with Crippen LogP contribution in [0.2, 0.25) is 0 Å². The SMILES string of the molecule is CCCC(CC(=O)O)NC(=O)N1CCC(C)C1. The summed E-state index contributed by atoms with van der Waals surface area (Å²) in [5.41, 5.74) is 0. The number of carbonyl (C=O) groups excluding carboxylic acids is 1. The summed E-state index contributed by atoms with van der Waals surface area (Å²) in [6, 6.07) is -0.366. The van der Waals surface area contributed by atoms with Gasteiger partial charge in [0.05, 0.1) is 6.42 Å². The molecule has 2 atom stereocenters. The van der Waals surface area contributed by atoms with E-state index in [-0.39, 0.29) is 18.5 Å². The molecule has 0 spiro atoms. The number of hydrogen-bond donors (Lipinski definition) is 2. The maximum absolute atomic E-state index is 11.9. The van der Waals surface area contributed by atoms with Gasteiger partial charge >= 0.3 is 12.0 Å². The zero-order valence-corrected chi connectivity index (χ0v) is 10.6. The van der Waals surface area contributed by atoms with Gasteiger partial charge in [-0.15, -0.1) is 0 Å². The molecule has 1 aliphatic rings. The third-order valence-corrected chi connectivity index (χ3v) is 3.10. The van der Waals surface area contributed by atoms with Gasteiger partial charge in [0, 0.05) is 19.1 Å². The van der Waals surface area contributed by atoms with Crippen LogP contribution in [-0.4, -0.2) is 41.1 Å². The van der Waals surface area contributed by atoms with Gasteiger partial charge in [0.25, 0.3) is 0 Å². The number of nitrogens with zero attached hydrogens (tertiary/aromatic N) is 1.